The van der Waals surface area contributed by atoms with Crippen LogP contribution in [-0.4, -0.2) is 35.8 Å². The van der Waals surface area contributed by atoms with Crippen molar-refractivity contribution in [3.05, 3.63) is 56.7 Å². The molecular formula is C18H16BrCl2N3O2S. The topological polar surface area (TPSA) is 66.1 Å². The number of H-pyrrole nitrogens is 1. The fourth-order valence-corrected chi connectivity index (χ4v) is 6.79. The van der Waals surface area contributed by atoms with Gasteiger partial charge in [-0.25, -0.2) is 13.4 Å². The number of piperidine rings is 1. The van der Waals surface area contributed by atoms with E-state index in [9.17, 15) is 8.42 Å². The molecule has 0 spiro atoms. The average molecular weight is 489 g/mol. The summed E-state index contributed by atoms with van der Waals surface area (Å²) >= 11 is 15.6. The Morgan fingerprint density at radius 3 is 2.37 bits per heavy atom. The van der Waals surface area contributed by atoms with Crippen molar-refractivity contribution >= 4 is 60.2 Å². The highest BCUT2D eigenvalue weighted by Crippen LogP contribution is 2.37. The fraction of sp³-hybridized carbons (Fsp3) is 0.278. The lowest BCUT2D eigenvalue weighted by Gasteiger charge is -2.30. The zero-order chi connectivity index (χ0) is 19.2. The second kappa shape index (κ2) is 7.37. The standard InChI is InChI=1S/C18H16BrCl2N3O2S/c19-12-9-13(20)17(14(21)10-12)27(25,26)24-7-5-11(6-8-24)18-22-15-3-1-2-4-16(15)23-18/h1-4,9-11H,5-8H2,(H,22,23). The molecule has 27 heavy (non-hydrogen) atoms. The van der Waals surface area contributed by atoms with Gasteiger partial charge in [-0.15, -0.1) is 0 Å². The molecular weight excluding hydrogens is 473 g/mol. The zero-order valence-corrected chi connectivity index (χ0v) is 18.0. The third-order valence-electron chi connectivity index (χ3n) is 4.81. The Kier molecular flexibility index (Phi) is 5.24. The van der Waals surface area contributed by atoms with E-state index in [4.69, 9.17) is 23.2 Å². The van der Waals surface area contributed by atoms with Gasteiger partial charge in [0.1, 0.15) is 10.7 Å². The lowest BCUT2D eigenvalue weighted by atomic mass is 9.97. The molecule has 1 aliphatic heterocycles. The quantitative estimate of drug-likeness (QED) is 0.550. The highest BCUT2D eigenvalue weighted by Gasteiger charge is 2.33. The number of aromatic nitrogens is 2. The molecule has 0 aliphatic carbocycles. The number of hydrogen-bond donors (Lipinski definition) is 1. The van der Waals surface area contributed by atoms with Crippen LogP contribution in [0, 0.1) is 0 Å². The summed E-state index contributed by atoms with van der Waals surface area (Å²) < 4.78 is 28.2. The summed E-state index contributed by atoms with van der Waals surface area (Å²) in [4.78, 5) is 7.97. The second-order valence-electron chi connectivity index (χ2n) is 6.52. The predicted molar refractivity (Wildman–Crippen MR) is 111 cm³/mol. The van der Waals surface area contributed by atoms with Gasteiger partial charge in [0.2, 0.25) is 10.0 Å². The van der Waals surface area contributed by atoms with E-state index in [1.54, 1.807) is 12.1 Å². The smallest absolute Gasteiger partial charge is 0.246 e. The molecule has 142 valence electrons. The number of aromatic amines is 1. The first-order valence-corrected chi connectivity index (χ1v) is 11.4. The molecule has 1 aliphatic rings. The number of imidazole rings is 1. The number of nitrogens with one attached hydrogen (secondary N) is 1. The molecule has 1 fully saturated rings. The van der Waals surface area contributed by atoms with E-state index in [1.807, 2.05) is 24.3 Å². The molecule has 0 saturated carbocycles. The maximum absolute atomic E-state index is 13.0. The lowest BCUT2D eigenvalue weighted by molar-refractivity contribution is 0.314. The van der Waals surface area contributed by atoms with E-state index in [2.05, 4.69) is 25.9 Å². The molecule has 1 saturated heterocycles. The maximum Gasteiger partial charge on any atom is 0.246 e. The highest BCUT2D eigenvalue weighted by molar-refractivity contribution is 9.10. The zero-order valence-electron chi connectivity index (χ0n) is 14.1. The third kappa shape index (κ3) is 3.63. The summed E-state index contributed by atoms with van der Waals surface area (Å²) in [5, 5.41) is 0.238. The summed E-state index contributed by atoms with van der Waals surface area (Å²) in [5.74, 6) is 1.10. The van der Waals surface area contributed by atoms with E-state index in [0.717, 1.165) is 16.9 Å². The van der Waals surface area contributed by atoms with Crippen molar-refractivity contribution in [3.8, 4) is 0 Å². The molecule has 4 rings (SSSR count). The molecule has 0 unspecified atom stereocenters. The SMILES string of the molecule is O=S(=O)(c1c(Cl)cc(Br)cc1Cl)N1CCC(c2nc3ccccc3[nH]2)CC1. The number of para-hydroxylation sites is 2. The van der Waals surface area contributed by atoms with Crippen molar-refractivity contribution in [2.24, 2.45) is 0 Å². The Balaban J connectivity index is 1.55. The molecule has 9 heteroatoms. The van der Waals surface area contributed by atoms with E-state index in [-0.39, 0.29) is 20.9 Å². The second-order valence-corrected chi connectivity index (χ2v) is 10.1. The van der Waals surface area contributed by atoms with E-state index in [1.165, 1.54) is 4.31 Å². The van der Waals surface area contributed by atoms with Crippen LogP contribution in [0.5, 0.6) is 0 Å². The van der Waals surface area contributed by atoms with E-state index in [0.29, 0.717) is 30.4 Å². The van der Waals surface area contributed by atoms with Gasteiger partial charge >= 0.3 is 0 Å². The van der Waals surface area contributed by atoms with Crippen LogP contribution in [0.15, 0.2) is 45.8 Å². The normalized spacial score (nSPS) is 16.9. The van der Waals surface area contributed by atoms with Crippen molar-refractivity contribution < 1.29 is 8.42 Å². The van der Waals surface area contributed by atoms with Crippen LogP contribution < -0.4 is 0 Å². The summed E-state index contributed by atoms with van der Waals surface area (Å²) in [6.45, 7) is 0.791. The van der Waals surface area contributed by atoms with Crippen LogP contribution in [0.1, 0.15) is 24.6 Å². The van der Waals surface area contributed by atoms with Crippen LogP contribution in [-0.2, 0) is 10.0 Å². The predicted octanol–water partition coefficient (Wildman–Crippen LogP) is 5.20. The molecule has 0 radical (unpaired) electrons. The molecule has 3 aromatic rings. The Morgan fingerprint density at radius 2 is 1.74 bits per heavy atom. The molecule has 2 heterocycles. The minimum Gasteiger partial charge on any atom is -0.342 e. The van der Waals surface area contributed by atoms with Gasteiger partial charge in [-0.2, -0.15) is 4.31 Å². The number of rotatable bonds is 3. The number of halogens is 3. The summed E-state index contributed by atoms with van der Waals surface area (Å²) in [7, 11) is -3.75. The number of sulfonamides is 1. The Morgan fingerprint density at radius 1 is 1.11 bits per heavy atom. The van der Waals surface area contributed by atoms with Gasteiger partial charge in [-0.05, 0) is 37.1 Å². The first-order valence-electron chi connectivity index (χ1n) is 8.45. The van der Waals surface area contributed by atoms with Crippen LogP contribution in [0.3, 0.4) is 0 Å². The van der Waals surface area contributed by atoms with Crippen molar-refractivity contribution in [1.29, 1.82) is 0 Å². The third-order valence-corrected chi connectivity index (χ3v) is 8.09. The van der Waals surface area contributed by atoms with Crippen molar-refractivity contribution in [2.45, 2.75) is 23.7 Å². The molecule has 5 nitrogen and oxygen atoms in total. The fourth-order valence-electron chi connectivity index (χ4n) is 3.44. The molecule has 1 aromatic heterocycles. The maximum atomic E-state index is 13.0. The summed E-state index contributed by atoms with van der Waals surface area (Å²) in [6, 6.07) is 11.0. The van der Waals surface area contributed by atoms with Gasteiger partial charge in [-0.3, -0.25) is 0 Å². The first-order chi connectivity index (χ1) is 12.9. The molecule has 1 N–H and O–H groups in total. The van der Waals surface area contributed by atoms with Gasteiger partial charge in [-0.1, -0.05) is 51.3 Å². The number of nitrogens with zero attached hydrogens (tertiary/aromatic N) is 2. The van der Waals surface area contributed by atoms with Gasteiger partial charge in [0.25, 0.3) is 0 Å². The Bertz CT molecular complexity index is 1050. The summed E-state index contributed by atoms with van der Waals surface area (Å²) in [5.41, 5.74) is 1.92. The van der Waals surface area contributed by atoms with Crippen LogP contribution in [0.2, 0.25) is 10.0 Å². The number of benzene rings is 2. The van der Waals surface area contributed by atoms with Crippen LogP contribution >= 0.6 is 39.1 Å². The molecule has 0 amide bonds. The molecule has 2 aromatic carbocycles. The largest absolute Gasteiger partial charge is 0.342 e. The Hall–Kier alpha value is -1.12. The minimum atomic E-state index is -3.75. The van der Waals surface area contributed by atoms with E-state index < -0.39 is 10.0 Å². The Labute approximate surface area is 175 Å². The first kappa shape index (κ1) is 19.2. The summed E-state index contributed by atoms with van der Waals surface area (Å²) in [6.07, 6.45) is 1.37. The van der Waals surface area contributed by atoms with Crippen LogP contribution in [0.25, 0.3) is 11.0 Å². The molecule has 0 atom stereocenters. The van der Waals surface area contributed by atoms with Crippen LogP contribution in [0.4, 0.5) is 0 Å². The number of fused-ring (bicyclic) bond motifs is 1. The monoisotopic (exact) mass is 487 g/mol. The lowest BCUT2D eigenvalue weighted by Crippen LogP contribution is -2.38. The van der Waals surface area contributed by atoms with Crippen molar-refractivity contribution in [1.82, 2.24) is 14.3 Å². The van der Waals surface area contributed by atoms with E-state index >= 15 is 0 Å². The minimum absolute atomic E-state index is 0.0313. The van der Waals surface area contributed by atoms with Crippen molar-refractivity contribution in [3.63, 3.8) is 0 Å². The highest BCUT2D eigenvalue weighted by atomic mass is 79.9. The average Bonchev–Trinajstić information content (AvgIpc) is 3.05. The van der Waals surface area contributed by atoms with Crippen molar-refractivity contribution in [2.75, 3.05) is 13.1 Å². The van der Waals surface area contributed by atoms with Gasteiger partial charge in [0, 0.05) is 23.5 Å². The number of hydrogen-bond acceptors (Lipinski definition) is 3. The van der Waals surface area contributed by atoms with Gasteiger partial charge in [0.05, 0.1) is 21.1 Å². The molecule has 0 bridgehead atoms. The van der Waals surface area contributed by atoms with Gasteiger partial charge in [0.15, 0.2) is 0 Å². The van der Waals surface area contributed by atoms with Gasteiger partial charge < -0.3 is 4.98 Å².